The van der Waals surface area contributed by atoms with Crippen molar-refractivity contribution < 1.29 is 23.8 Å². The number of hydrogen-bond donors (Lipinski definition) is 0. The number of unbranched alkanes of at least 4 members (excludes halogenated alkanes) is 15. The van der Waals surface area contributed by atoms with Gasteiger partial charge in [-0.3, -0.25) is 4.79 Å². The maximum absolute atomic E-state index is 11.8. The molecule has 0 bridgehead atoms. The third-order valence-electron chi connectivity index (χ3n) is 7.15. The van der Waals surface area contributed by atoms with Crippen LogP contribution in [-0.4, -0.2) is 31.8 Å². The first kappa shape index (κ1) is 34.7. The van der Waals surface area contributed by atoms with Gasteiger partial charge in [0.15, 0.2) is 0 Å². The van der Waals surface area contributed by atoms with Gasteiger partial charge in [-0.25, -0.2) is 4.79 Å². The molecule has 5 heteroatoms. The highest BCUT2D eigenvalue weighted by atomic mass is 16.6. The second-order valence-electron chi connectivity index (χ2n) is 10.7. The van der Waals surface area contributed by atoms with Crippen molar-refractivity contribution in [3.63, 3.8) is 0 Å². The lowest BCUT2D eigenvalue weighted by atomic mass is 10.0. The molecule has 0 fully saturated rings. The molecule has 0 radical (unpaired) electrons. The number of carbonyl (C=O) groups excluding carboxylic acids is 2. The molecule has 0 aromatic heterocycles. The smallest absolute Gasteiger partial charge is 0.330 e. The van der Waals surface area contributed by atoms with Crippen LogP contribution >= 0.6 is 0 Å². The molecular formula is C34H56O5. The highest BCUT2D eigenvalue weighted by Crippen LogP contribution is 2.16. The maximum atomic E-state index is 11.8. The summed E-state index contributed by atoms with van der Waals surface area (Å²) in [5.41, 5.74) is 0.893. The minimum atomic E-state index is -0.460. The molecule has 39 heavy (non-hydrogen) atoms. The van der Waals surface area contributed by atoms with Crippen molar-refractivity contribution in [1.29, 1.82) is 0 Å². The molecule has 0 aliphatic heterocycles. The van der Waals surface area contributed by atoms with E-state index in [2.05, 4.69) is 6.92 Å². The quantitative estimate of drug-likeness (QED) is 0.0697. The number of benzene rings is 1. The fourth-order valence-electron chi connectivity index (χ4n) is 4.32. The van der Waals surface area contributed by atoms with Crippen LogP contribution < -0.4 is 4.74 Å². The molecule has 0 aliphatic carbocycles. The summed E-state index contributed by atoms with van der Waals surface area (Å²) in [6.07, 6.45) is 25.7. The Labute approximate surface area is 239 Å². The van der Waals surface area contributed by atoms with Gasteiger partial charge in [-0.1, -0.05) is 129 Å². The predicted octanol–water partition coefficient (Wildman–Crippen LogP) is 9.47. The third-order valence-corrected chi connectivity index (χ3v) is 7.15. The Bertz CT molecular complexity index is 755. The highest BCUT2D eigenvalue weighted by molar-refractivity contribution is 5.87. The molecule has 5 nitrogen and oxygen atoms in total. The van der Waals surface area contributed by atoms with Gasteiger partial charge >= 0.3 is 11.9 Å². The molecule has 0 spiro atoms. The molecule has 0 N–H and O–H groups in total. The summed E-state index contributed by atoms with van der Waals surface area (Å²) in [7, 11) is 0. The van der Waals surface area contributed by atoms with Gasteiger partial charge < -0.3 is 14.2 Å². The van der Waals surface area contributed by atoms with Crippen LogP contribution in [0.3, 0.4) is 0 Å². The average Bonchev–Trinajstić information content (AvgIpc) is 2.95. The van der Waals surface area contributed by atoms with Gasteiger partial charge in [0.05, 0.1) is 12.5 Å². The van der Waals surface area contributed by atoms with Crippen molar-refractivity contribution in [2.24, 2.45) is 5.92 Å². The van der Waals surface area contributed by atoms with Crippen LogP contribution in [0.5, 0.6) is 5.75 Å². The first-order valence-corrected chi connectivity index (χ1v) is 15.8. The average molecular weight is 545 g/mol. The summed E-state index contributed by atoms with van der Waals surface area (Å²) in [6, 6.07) is 7.68. The summed E-state index contributed by atoms with van der Waals surface area (Å²) in [5.74, 6) is -0.0140. The molecule has 1 aromatic carbocycles. The van der Waals surface area contributed by atoms with Crippen LogP contribution in [0, 0.1) is 5.92 Å². The fraction of sp³-hybridized carbons (Fsp3) is 0.706. The van der Waals surface area contributed by atoms with E-state index >= 15 is 0 Å². The minimum Gasteiger partial charge on any atom is -0.494 e. The van der Waals surface area contributed by atoms with Crippen molar-refractivity contribution in [3.05, 3.63) is 35.9 Å². The van der Waals surface area contributed by atoms with Crippen LogP contribution in [0.25, 0.3) is 6.08 Å². The fourth-order valence-corrected chi connectivity index (χ4v) is 4.32. The second kappa shape index (κ2) is 24.7. The van der Waals surface area contributed by atoms with Crippen LogP contribution in [0.15, 0.2) is 30.3 Å². The Balaban J connectivity index is 1.97. The summed E-state index contributed by atoms with van der Waals surface area (Å²) in [4.78, 5) is 23.4. The zero-order chi connectivity index (χ0) is 28.4. The Morgan fingerprint density at radius 1 is 0.667 bits per heavy atom. The zero-order valence-electron chi connectivity index (χ0n) is 25.2. The van der Waals surface area contributed by atoms with Crippen molar-refractivity contribution in [3.8, 4) is 5.75 Å². The number of carbonyl (C=O) groups is 2. The Kier molecular flexibility index (Phi) is 22.0. The van der Waals surface area contributed by atoms with E-state index in [1.807, 2.05) is 38.1 Å². The number of rotatable bonds is 25. The van der Waals surface area contributed by atoms with E-state index in [0.717, 1.165) is 30.8 Å². The molecule has 0 heterocycles. The van der Waals surface area contributed by atoms with Gasteiger partial charge in [0.1, 0.15) is 19.0 Å². The van der Waals surface area contributed by atoms with Crippen molar-refractivity contribution >= 4 is 18.0 Å². The van der Waals surface area contributed by atoms with Crippen molar-refractivity contribution in [1.82, 2.24) is 0 Å². The predicted molar refractivity (Wildman–Crippen MR) is 162 cm³/mol. The molecular weight excluding hydrogens is 488 g/mol. The van der Waals surface area contributed by atoms with Crippen LogP contribution in [0.4, 0.5) is 0 Å². The molecule has 0 amide bonds. The van der Waals surface area contributed by atoms with E-state index in [-0.39, 0.29) is 25.1 Å². The lowest BCUT2D eigenvalue weighted by Crippen LogP contribution is -2.17. The van der Waals surface area contributed by atoms with E-state index in [0.29, 0.717) is 0 Å². The third kappa shape index (κ3) is 20.3. The summed E-state index contributed by atoms with van der Waals surface area (Å²) < 4.78 is 16.0. The van der Waals surface area contributed by atoms with Gasteiger partial charge in [0, 0.05) is 6.08 Å². The van der Waals surface area contributed by atoms with E-state index < -0.39 is 5.97 Å². The molecule has 1 aromatic rings. The Hall–Kier alpha value is -2.30. The number of hydrogen-bond acceptors (Lipinski definition) is 5. The highest BCUT2D eigenvalue weighted by Gasteiger charge is 2.11. The lowest BCUT2D eigenvalue weighted by Gasteiger charge is -2.08. The van der Waals surface area contributed by atoms with E-state index in [9.17, 15) is 9.59 Å². The second-order valence-corrected chi connectivity index (χ2v) is 10.7. The van der Waals surface area contributed by atoms with Gasteiger partial charge in [0.2, 0.25) is 0 Å². The maximum Gasteiger partial charge on any atom is 0.330 e. The van der Waals surface area contributed by atoms with Crippen LogP contribution in [-0.2, 0) is 19.1 Å². The topological polar surface area (TPSA) is 61.8 Å². The van der Waals surface area contributed by atoms with Crippen LogP contribution in [0.2, 0.25) is 0 Å². The van der Waals surface area contributed by atoms with Gasteiger partial charge in [-0.2, -0.15) is 0 Å². The van der Waals surface area contributed by atoms with Crippen molar-refractivity contribution in [2.75, 3.05) is 19.8 Å². The van der Waals surface area contributed by atoms with E-state index in [1.165, 1.54) is 102 Å². The first-order chi connectivity index (χ1) is 19.1. The van der Waals surface area contributed by atoms with E-state index in [4.69, 9.17) is 14.2 Å². The number of ether oxygens (including phenoxy) is 3. The Morgan fingerprint density at radius 3 is 1.67 bits per heavy atom. The van der Waals surface area contributed by atoms with E-state index in [1.54, 1.807) is 6.08 Å². The molecule has 222 valence electrons. The van der Waals surface area contributed by atoms with Gasteiger partial charge in [-0.05, 0) is 36.6 Å². The molecule has 1 atom stereocenters. The summed E-state index contributed by atoms with van der Waals surface area (Å²) >= 11 is 0. The SMILES string of the molecule is CCCCCCCCCCCCCCCCCCOc1ccc(/C=C/C(=O)OCCOC(=O)C(C)CC)cc1. The monoisotopic (exact) mass is 544 g/mol. The summed E-state index contributed by atoms with van der Waals surface area (Å²) in [5, 5.41) is 0. The van der Waals surface area contributed by atoms with Gasteiger partial charge in [-0.15, -0.1) is 0 Å². The largest absolute Gasteiger partial charge is 0.494 e. The van der Waals surface area contributed by atoms with Gasteiger partial charge in [0.25, 0.3) is 0 Å². The zero-order valence-corrected chi connectivity index (χ0v) is 25.2. The molecule has 0 aliphatic rings. The summed E-state index contributed by atoms with van der Waals surface area (Å²) in [6.45, 7) is 6.89. The van der Waals surface area contributed by atoms with Crippen molar-refractivity contribution in [2.45, 2.75) is 130 Å². The Morgan fingerprint density at radius 2 is 1.15 bits per heavy atom. The normalized spacial score (nSPS) is 12.0. The first-order valence-electron chi connectivity index (χ1n) is 15.8. The number of esters is 2. The van der Waals surface area contributed by atoms with Crippen LogP contribution in [0.1, 0.15) is 135 Å². The standard InChI is InChI=1S/C34H56O5/c1-4-6-7-8-9-10-11-12-13-14-15-16-17-18-19-20-27-37-32-24-21-31(22-25-32)23-26-33(35)38-28-29-39-34(36)30(3)5-2/h21-26,30H,4-20,27-29H2,1-3H3/b26-23+. The molecule has 0 saturated carbocycles. The molecule has 0 saturated heterocycles. The lowest BCUT2D eigenvalue weighted by molar-refractivity contribution is -0.152. The molecule has 1 unspecified atom stereocenters. The minimum absolute atomic E-state index is 0.0531. The molecule has 1 rings (SSSR count).